The lowest BCUT2D eigenvalue weighted by atomic mass is 10.1. The highest BCUT2D eigenvalue weighted by atomic mass is 16.5. The monoisotopic (exact) mass is 628 g/mol. The fourth-order valence-electron chi connectivity index (χ4n) is 4.98. The van der Waals surface area contributed by atoms with Gasteiger partial charge in [0.2, 0.25) is 0 Å². The van der Waals surface area contributed by atoms with E-state index < -0.39 is 18.4 Å². The van der Waals surface area contributed by atoms with Gasteiger partial charge in [-0.1, -0.05) is 91.0 Å². The molecule has 0 aliphatic rings. The Bertz CT molecular complexity index is 1730. The first kappa shape index (κ1) is 32.5. The van der Waals surface area contributed by atoms with Crippen LogP contribution in [0.15, 0.2) is 140 Å². The largest absolute Gasteiger partial charge is 0.492 e. The highest BCUT2D eigenvalue weighted by molar-refractivity contribution is 5.96. The van der Waals surface area contributed by atoms with Crippen LogP contribution < -0.4 is 9.47 Å². The zero-order valence-electron chi connectivity index (χ0n) is 25.9. The van der Waals surface area contributed by atoms with Gasteiger partial charge < -0.3 is 24.4 Å². The maximum Gasteiger partial charge on any atom is 0.323 e. The molecule has 0 saturated carbocycles. The van der Waals surface area contributed by atoms with Crippen LogP contribution in [-0.2, 0) is 24.5 Å². The number of carboxylic acids is 1. The quantitative estimate of drug-likeness (QED) is 0.138. The third kappa shape index (κ3) is 9.80. The molecule has 0 atom stereocenters. The number of aliphatic carboxylic acids is 1. The van der Waals surface area contributed by atoms with Gasteiger partial charge in [0, 0.05) is 24.2 Å². The summed E-state index contributed by atoms with van der Waals surface area (Å²) in [5.74, 6) is -0.398. The van der Waals surface area contributed by atoms with E-state index in [9.17, 15) is 19.5 Å². The van der Waals surface area contributed by atoms with Crippen LogP contribution in [0, 0.1) is 0 Å². The van der Waals surface area contributed by atoms with Crippen molar-refractivity contribution in [2.24, 2.45) is 0 Å². The minimum atomic E-state index is -1.11. The molecule has 0 fully saturated rings. The summed E-state index contributed by atoms with van der Waals surface area (Å²) in [6.45, 7) is 1.14. The maximum atomic E-state index is 13.4. The first-order valence-corrected chi connectivity index (χ1v) is 15.3. The van der Waals surface area contributed by atoms with Crippen LogP contribution in [0.1, 0.15) is 37.4 Å². The minimum absolute atomic E-state index is 0.0909. The highest BCUT2D eigenvalue weighted by Crippen LogP contribution is 2.19. The molecule has 5 aromatic rings. The smallest absolute Gasteiger partial charge is 0.323 e. The second-order valence-electron chi connectivity index (χ2n) is 10.9. The molecule has 0 bridgehead atoms. The number of carboxylic acid groups (broad SMARTS) is 1. The first-order valence-electron chi connectivity index (χ1n) is 15.3. The van der Waals surface area contributed by atoms with Gasteiger partial charge in [0.1, 0.15) is 31.3 Å². The number of carbonyl (C=O) groups excluding carboxylic acids is 2. The van der Waals surface area contributed by atoms with Crippen LogP contribution in [0.3, 0.4) is 0 Å². The van der Waals surface area contributed by atoms with E-state index in [2.05, 4.69) is 0 Å². The Morgan fingerprint density at radius 1 is 0.511 bits per heavy atom. The molecule has 5 rings (SSSR count). The zero-order chi connectivity index (χ0) is 32.8. The summed E-state index contributed by atoms with van der Waals surface area (Å²) in [6, 6.07) is 42.6. The van der Waals surface area contributed by atoms with E-state index in [0.717, 1.165) is 16.7 Å². The Morgan fingerprint density at radius 2 is 0.979 bits per heavy atom. The summed E-state index contributed by atoms with van der Waals surface area (Å²) in [4.78, 5) is 41.3. The normalized spacial score (nSPS) is 10.6. The van der Waals surface area contributed by atoms with Crippen molar-refractivity contribution in [3.63, 3.8) is 0 Å². The number of rotatable bonds is 15. The first-order chi connectivity index (χ1) is 22.9. The number of hydrogen-bond donors (Lipinski definition) is 1. The van der Waals surface area contributed by atoms with Gasteiger partial charge in [-0.25, -0.2) is 0 Å². The SMILES string of the molecule is O=C(O)CN(Cc1ccc(OCc2ccccc2)cc1)C(=O)c1ccc(OCCN(Cc2ccccc2)C(=O)c2ccccc2)cc1. The summed E-state index contributed by atoms with van der Waals surface area (Å²) in [5, 5.41) is 9.51. The fourth-order valence-corrected chi connectivity index (χ4v) is 4.98. The van der Waals surface area contributed by atoms with Crippen molar-refractivity contribution < 1.29 is 29.0 Å². The molecule has 0 heterocycles. The molecular weight excluding hydrogens is 592 g/mol. The maximum absolute atomic E-state index is 13.4. The van der Waals surface area contributed by atoms with Crippen LogP contribution in [0.5, 0.6) is 11.5 Å². The molecule has 0 radical (unpaired) electrons. The van der Waals surface area contributed by atoms with Gasteiger partial charge in [0.15, 0.2) is 0 Å². The second kappa shape index (κ2) is 16.4. The van der Waals surface area contributed by atoms with E-state index in [1.807, 2.05) is 103 Å². The third-order valence-electron chi connectivity index (χ3n) is 7.41. The Labute approximate surface area is 274 Å². The van der Waals surface area contributed by atoms with Gasteiger partial charge in [-0.2, -0.15) is 0 Å². The van der Waals surface area contributed by atoms with E-state index in [1.54, 1.807) is 41.3 Å². The molecule has 1 N–H and O–H groups in total. The van der Waals surface area contributed by atoms with Crippen molar-refractivity contribution >= 4 is 17.8 Å². The van der Waals surface area contributed by atoms with Crippen LogP contribution in [0.4, 0.5) is 0 Å². The van der Waals surface area contributed by atoms with Gasteiger partial charge in [-0.05, 0) is 65.2 Å². The van der Waals surface area contributed by atoms with Crippen LogP contribution in [-0.4, -0.2) is 52.4 Å². The van der Waals surface area contributed by atoms with Gasteiger partial charge in [-0.3, -0.25) is 14.4 Å². The molecule has 8 nitrogen and oxygen atoms in total. The molecule has 8 heteroatoms. The van der Waals surface area contributed by atoms with Crippen molar-refractivity contribution in [2.75, 3.05) is 19.7 Å². The predicted molar refractivity (Wildman–Crippen MR) is 179 cm³/mol. The minimum Gasteiger partial charge on any atom is -0.492 e. The molecule has 0 saturated heterocycles. The molecule has 0 aliphatic carbocycles. The lowest BCUT2D eigenvalue weighted by Gasteiger charge is -2.23. The van der Waals surface area contributed by atoms with Crippen molar-refractivity contribution in [2.45, 2.75) is 19.7 Å². The summed E-state index contributed by atoms with van der Waals surface area (Å²) in [6.07, 6.45) is 0. The van der Waals surface area contributed by atoms with E-state index in [-0.39, 0.29) is 19.1 Å². The van der Waals surface area contributed by atoms with Gasteiger partial charge >= 0.3 is 5.97 Å². The molecule has 0 aromatic heterocycles. The number of ether oxygens (including phenoxy) is 2. The Hall–Kier alpha value is -5.89. The topological polar surface area (TPSA) is 96.4 Å². The molecule has 0 aliphatic heterocycles. The van der Waals surface area contributed by atoms with Crippen molar-refractivity contribution in [3.05, 3.63) is 167 Å². The van der Waals surface area contributed by atoms with Gasteiger partial charge in [-0.15, -0.1) is 0 Å². The third-order valence-corrected chi connectivity index (χ3v) is 7.41. The summed E-state index contributed by atoms with van der Waals surface area (Å²) in [7, 11) is 0. The zero-order valence-corrected chi connectivity index (χ0v) is 25.9. The number of carbonyl (C=O) groups is 3. The lowest BCUT2D eigenvalue weighted by molar-refractivity contribution is -0.137. The molecule has 47 heavy (non-hydrogen) atoms. The van der Waals surface area contributed by atoms with Crippen LogP contribution in [0.2, 0.25) is 0 Å². The molecule has 238 valence electrons. The van der Waals surface area contributed by atoms with Crippen molar-refractivity contribution in [1.29, 1.82) is 0 Å². The van der Waals surface area contributed by atoms with Gasteiger partial charge in [0.05, 0.1) is 6.54 Å². The van der Waals surface area contributed by atoms with E-state index in [1.165, 1.54) is 4.90 Å². The van der Waals surface area contributed by atoms with Gasteiger partial charge in [0.25, 0.3) is 11.8 Å². The Kier molecular flexibility index (Phi) is 11.4. The lowest BCUT2D eigenvalue weighted by Crippen LogP contribution is -2.35. The average molecular weight is 629 g/mol. The molecule has 5 aromatic carbocycles. The summed E-state index contributed by atoms with van der Waals surface area (Å²) in [5.41, 5.74) is 3.78. The number of amides is 2. The summed E-state index contributed by atoms with van der Waals surface area (Å²) >= 11 is 0. The summed E-state index contributed by atoms with van der Waals surface area (Å²) < 4.78 is 11.8. The van der Waals surface area contributed by atoms with Crippen molar-refractivity contribution in [1.82, 2.24) is 9.80 Å². The fraction of sp³-hybridized carbons (Fsp3) is 0.154. The number of benzene rings is 5. The highest BCUT2D eigenvalue weighted by Gasteiger charge is 2.20. The van der Waals surface area contributed by atoms with Crippen LogP contribution >= 0.6 is 0 Å². The molecule has 2 amide bonds. The average Bonchev–Trinajstić information content (AvgIpc) is 3.11. The molecular formula is C39H36N2O6. The number of hydrogen-bond acceptors (Lipinski definition) is 5. The molecule has 0 unspecified atom stereocenters. The van der Waals surface area contributed by atoms with E-state index in [0.29, 0.717) is 42.3 Å². The Morgan fingerprint density at radius 3 is 1.60 bits per heavy atom. The number of nitrogens with zero attached hydrogens (tertiary/aromatic N) is 2. The predicted octanol–water partition coefficient (Wildman–Crippen LogP) is 6.71. The standard InChI is InChI=1S/C39H36N2O6/c42-37(43)28-41(27-31-16-20-36(21-17-31)47-29-32-12-6-2-7-13-32)39(45)34-18-22-35(23-19-34)46-25-24-40(26-30-10-4-1-5-11-30)38(44)33-14-8-3-9-15-33/h1-23H,24-29H2,(H,42,43). The van der Waals surface area contributed by atoms with Crippen molar-refractivity contribution in [3.8, 4) is 11.5 Å². The Balaban J connectivity index is 1.17. The molecule has 0 spiro atoms. The second-order valence-corrected chi connectivity index (χ2v) is 10.9. The van der Waals surface area contributed by atoms with E-state index >= 15 is 0 Å². The van der Waals surface area contributed by atoms with E-state index in [4.69, 9.17) is 9.47 Å². The van der Waals surface area contributed by atoms with Crippen LogP contribution in [0.25, 0.3) is 0 Å².